The fraction of sp³-hybridized carbons (Fsp3) is 0.462. The Hall–Kier alpha value is -0.710. The summed E-state index contributed by atoms with van der Waals surface area (Å²) in [6, 6.07) is 7.63. The number of hydrogen-bond acceptors (Lipinski definition) is 4. The minimum Gasteiger partial charge on any atom is -0.465 e. The van der Waals surface area contributed by atoms with E-state index in [-0.39, 0.29) is 5.97 Å². The van der Waals surface area contributed by atoms with Crippen LogP contribution in [0.2, 0.25) is 5.02 Å². The molecule has 0 fully saturated rings. The summed E-state index contributed by atoms with van der Waals surface area (Å²) in [6.45, 7) is 3.82. The van der Waals surface area contributed by atoms with Crippen molar-refractivity contribution in [3.8, 4) is 0 Å². The molecule has 0 radical (unpaired) electrons. The van der Waals surface area contributed by atoms with Gasteiger partial charge in [0, 0.05) is 16.5 Å². The van der Waals surface area contributed by atoms with E-state index in [0.29, 0.717) is 12.4 Å². The number of rotatable bonds is 6. The van der Waals surface area contributed by atoms with Crippen molar-refractivity contribution < 1.29 is 9.53 Å². The number of carbonyl (C=O) groups excluding carboxylic acids is 1. The zero-order valence-electron chi connectivity index (χ0n) is 10.6. The zero-order chi connectivity index (χ0) is 13.6. The van der Waals surface area contributed by atoms with E-state index in [2.05, 4.69) is 0 Å². The quantitative estimate of drug-likeness (QED) is 0.818. The van der Waals surface area contributed by atoms with Gasteiger partial charge in [-0.2, -0.15) is 11.8 Å². The summed E-state index contributed by atoms with van der Waals surface area (Å²) in [7, 11) is 0. The Balaban J connectivity index is 2.41. The maximum atomic E-state index is 11.6. The lowest BCUT2D eigenvalue weighted by Gasteiger charge is -2.21. The number of nitrogens with two attached hydrogens (primary N) is 1. The van der Waals surface area contributed by atoms with E-state index in [1.165, 1.54) is 0 Å². The second kappa shape index (κ2) is 7.02. The van der Waals surface area contributed by atoms with Crippen molar-refractivity contribution in [1.29, 1.82) is 0 Å². The third kappa shape index (κ3) is 4.88. The first kappa shape index (κ1) is 15.3. The van der Waals surface area contributed by atoms with Crippen LogP contribution < -0.4 is 5.73 Å². The summed E-state index contributed by atoms with van der Waals surface area (Å²) in [6.07, 6.45) is 0. The van der Waals surface area contributed by atoms with Gasteiger partial charge in [-0.15, -0.1) is 0 Å². The third-order valence-electron chi connectivity index (χ3n) is 2.33. The van der Waals surface area contributed by atoms with E-state index in [9.17, 15) is 4.79 Å². The molecule has 0 saturated heterocycles. The Bertz CT molecular complexity index is 392. The first-order chi connectivity index (χ1) is 8.45. The molecule has 1 rings (SSSR count). The van der Waals surface area contributed by atoms with Crippen molar-refractivity contribution in [3.05, 3.63) is 34.9 Å². The van der Waals surface area contributed by atoms with E-state index in [4.69, 9.17) is 22.1 Å². The monoisotopic (exact) mass is 287 g/mol. The maximum Gasteiger partial charge on any atom is 0.326 e. The van der Waals surface area contributed by atoms with Gasteiger partial charge in [0.25, 0.3) is 0 Å². The number of carbonyl (C=O) groups is 1. The molecule has 18 heavy (non-hydrogen) atoms. The van der Waals surface area contributed by atoms with Gasteiger partial charge < -0.3 is 10.5 Å². The second-order valence-electron chi connectivity index (χ2n) is 4.26. The van der Waals surface area contributed by atoms with E-state index >= 15 is 0 Å². The molecule has 5 heteroatoms. The van der Waals surface area contributed by atoms with Gasteiger partial charge >= 0.3 is 5.97 Å². The van der Waals surface area contributed by atoms with Crippen molar-refractivity contribution in [2.45, 2.75) is 25.1 Å². The van der Waals surface area contributed by atoms with Crippen LogP contribution in [0.1, 0.15) is 19.4 Å². The molecule has 0 amide bonds. The highest BCUT2D eigenvalue weighted by Gasteiger charge is 2.29. The lowest BCUT2D eigenvalue weighted by Crippen LogP contribution is -2.48. The molecule has 0 spiro atoms. The van der Waals surface area contributed by atoms with Gasteiger partial charge in [-0.1, -0.05) is 23.7 Å². The summed E-state index contributed by atoms with van der Waals surface area (Å²) >= 11 is 7.41. The Kier molecular flexibility index (Phi) is 5.99. The van der Waals surface area contributed by atoms with E-state index in [1.807, 2.05) is 24.3 Å². The van der Waals surface area contributed by atoms with E-state index in [1.54, 1.807) is 25.6 Å². The van der Waals surface area contributed by atoms with Gasteiger partial charge in [0.15, 0.2) is 0 Å². The SMILES string of the molecule is CCOC(=O)C(C)(N)CSCc1ccc(Cl)cc1. The van der Waals surface area contributed by atoms with E-state index in [0.717, 1.165) is 16.3 Å². The summed E-state index contributed by atoms with van der Waals surface area (Å²) in [5.41, 5.74) is 6.14. The van der Waals surface area contributed by atoms with Crippen molar-refractivity contribution in [2.75, 3.05) is 12.4 Å². The topological polar surface area (TPSA) is 52.3 Å². The predicted molar refractivity (Wildman–Crippen MR) is 76.8 cm³/mol. The molecule has 0 aliphatic heterocycles. The third-order valence-corrected chi connectivity index (χ3v) is 3.92. The molecule has 0 saturated carbocycles. The van der Waals surface area contributed by atoms with Crippen molar-refractivity contribution in [2.24, 2.45) is 5.73 Å². The normalized spacial score (nSPS) is 14.0. The fourth-order valence-electron chi connectivity index (χ4n) is 1.32. The van der Waals surface area contributed by atoms with Crippen molar-refractivity contribution >= 4 is 29.3 Å². The Morgan fingerprint density at radius 2 is 2.06 bits per heavy atom. The molecule has 0 bridgehead atoms. The van der Waals surface area contributed by atoms with Crippen LogP contribution in [0.3, 0.4) is 0 Å². The van der Waals surface area contributed by atoms with Crippen LogP contribution in [0.15, 0.2) is 24.3 Å². The standard InChI is InChI=1S/C13H18ClNO2S/c1-3-17-12(16)13(2,15)9-18-8-10-4-6-11(14)7-5-10/h4-7H,3,8-9,15H2,1-2H3. The number of thioether (sulfide) groups is 1. The summed E-state index contributed by atoms with van der Waals surface area (Å²) in [5, 5.41) is 0.721. The van der Waals surface area contributed by atoms with Gasteiger partial charge in [-0.25, -0.2) is 0 Å². The smallest absolute Gasteiger partial charge is 0.326 e. The first-order valence-corrected chi connectivity index (χ1v) is 7.27. The number of halogens is 1. The molecule has 2 N–H and O–H groups in total. The van der Waals surface area contributed by atoms with Crippen LogP contribution in [0.25, 0.3) is 0 Å². The average molecular weight is 288 g/mol. The van der Waals surface area contributed by atoms with Gasteiger partial charge in [0.05, 0.1) is 6.61 Å². The summed E-state index contributed by atoms with van der Waals surface area (Å²) in [4.78, 5) is 11.6. The molecule has 0 aromatic heterocycles. The van der Waals surface area contributed by atoms with Crippen LogP contribution in [0.4, 0.5) is 0 Å². The molecule has 0 aliphatic rings. The predicted octanol–water partition coefficient (Wildman–Crippen LogP) is 2.85. The maximum absolute atomic E-state index is 11.6. The number of ether oxygens (including phenoxy) is 1. The molecule has 0 aliphatic carbocycles. The van der Waals surface area contributed by atoms with E-state index < -0.39 is 5.54 Å². The lowest BCUT2D eigenvalue weighted by atomic mass is 10.1. The highest BCUT2D eigenvalue weighted by atomic mass is 35.5. The molecular formula is C13H18ClNO2S. The second-order valence-corrected chi connectivity index (χ2v) is 5.68. The van der Waals surface area contributed by atoms with Crippen LogP contribution in [0.5, 0.6) is 0 Å². The highest BCUT2D eigenvalue weighted by molar-refractivity contribution is 7.98. The number of benzene rings is 1. The molecule has 1 atom stereocenters. The fourth-order valence-corrected chi connectivity index (χ4v) is 2.51. The number of esters is 1. The molecule has 1 aromatic rings. The minimum atomic E-state index is -0.937. The van der Waals surface area contributed by atoms with Crippen LogP contribution in [-0.2, 0) is 15.3 Å². The highest BCUT2D eigenvalue weighted by Crippen LogP contribution is 2.19. The van der Waals surface area contributed by atoms with Gasteiger partial charge in [0.1, 0.15) is 5.54 Å². The van der Waals surface area contributed by atoms with Crippen LogP contribution in [-0.4, -0.2) is 23.9 Å². The summed E-state index contributed by atoms with van der Waals surface area (Å²) < 4.78 is 4.93. The zero-order valence-corrected chi connectivity index (χ0v) is 12.2. The first-order valence-electron chi connectivity index (χ1n) is 5.74. The van der Waals surface area contributed by atoms with Crippen LogP contribution in [0, 0.1) is 0 Å². The largest absolute Gasteiger partial charge is 0.465 e. The van der Waals surface area contributed by atoms with Crippen molar-refractivity contribution in [3.63, 3.8) is 0 Å². The Morgan fingerprint density at radius 3 is 2.61 bits per heavy atom. The summed E-state index contributed by atoms with van der Waals surface area (Å²) in [5.74, 6) is 0.964. The average Bonchev–Trinajstić information content (AvgIpc) is 2.32. The van der Waals surface area contributed by atoms with Gasteiger partial charge in [0.2, 0.25) is 0 Å². The van der Waals surface area contributed by atoms with Crippen LogP contribution >= 0.6 is 23.4 Å². The molecule has 3 nitrogen and oxygen atoms in total. The van der Waals surface area contributed by atoms with Gasteiger partial charge in [-0.05, 0) is 31.5 Å². The molecule has 1 aromatic carbocycles. The molecule has 1 unspecified atom stereocenters. The van der Waals surface area contributed by atoms with Crippen molar-refractivity contribution in [1.82, 2.24) is 0 Å². The Morgan fingerprint density at radius 1 is 1.44 bits per heavy atom. The molecule has 100 valence electrons. The Labute approximate surface area is 117 Å². The lowest BCUT2D eigenvalue weighted by molar-refractivity contribution is -0.148. The molecular weight excluding hydrogens is 270 g/mol. The molecule has 0 heterocycles. The minimum absolute atomic E-state index is 0.353. The number of hydrogen-bond donors (Lipinski definition) is 1. The van der Waals surface area contributed by atoms with Gasteiger partial charge in [-0.3, -0.25) is 4.79 Å².